The van der Waals surface area contributed by atoms with Gasteiger partial charge in [-0.2, -0.15) is 0 Å². The second-order valence-corrected chi connectivity index (χ2v) is 24.6. The molecule has 60 heavy (non-hydrogen) atoms. The van der Waals surface area contributed by atoms with Crippen molar-refractivity contribution in [3.8, 4) is 0 Å². The predicted molar refractivity (Wildman–Crippen MR) is 264 cm³/mol. The minimum atomic E-state index is 0.00163. The zero-order valence-electron chi connectivity index (χ0n) is 38.9. The van der Waals surface area contributed by atoms with Gasteiger partial charge in [0.15, 0.2) is 0 Å². The molecule has 6 aromatic rings. The fourth-order valence-corrected chi connectivity index (χ4v) is 12.9. The molecule has 2 aliphatic heterocycles. The Balaban J connectivity index is 1.36. The maximum absolute atomic E-state index is 2.80. The van der Waals surface area contributed by atoms with Gasteiger partial charge in [0.2, 0.25) is 0 Å². The Morgan fingerprint density at radius 2 is 1.05 bits per heavy atom. The highest BCUT2D eigenvalue weighted by Gasteiger charge is 2.50. The summed E-state index contributed by atoms with van der Waals surface area (Å²) in [5, 5.41) is 2.76. The molecule has 5 aromatic carbocycles. The lowest BCUT2D eigenvalue weighted by molar-refractivity contribution is 0.331. The molecular weight excluding hydrogens is 744 g/mol. The smallest absolute Gasteiger partial charge is 0.254 e. The Labute approximate surface area is 365 Å². The van der Waals surface area contributed by atoms with Crippen LogP contribution < -0.4 is 26.2 Å². The van der Waals surface area contributed by atoms with E-state index in [1.165, 1.54) is 113 Å². The van der Waals surface area contributed by atoms with Crippen LogP contribution >= 0.6 is 11.3 Å². The lowest BCUT2D eigenvalue weighted by atomic mass is 9.33. The van der Waals surface area contributed by atoms with Gasteiger partial charge in [0.1, 0.15) is 0 Å². The van der Waals surface area contributed by atoms with E-state index < -0.39 is 0 Å². The van der Waals surface area contributed by atoms with Crippen molar-refractivity contribution in [1.82, 2.24) is 0 Å². The second-order valence-electron chi connectivity index (χ2n) is 23.6. The minimum absolute atomic E-state index is 0.00163. The molecule has 0 atom stereocenters. The molecule has 10 rings (SSSR count). The molecule has 0 radical (unpaired) electrons. The number of benzene rings is 5. The summed E-state index contributed by atoms with van der Waals surface area (Å²) in [7, 11) is 0. The molecule has 0 spiro atoms. The Hall–Kier alpha value is -4.28. The highest BCUT2D eigenvalue weighted by molar-refractivity contribution is 7.26. The maximum Gasteiger partial charge on any atom is 0.254 e. The molecule has 1 aromatic heterocycles. The van der Waals surface area contributed by atoms with Crippen LogP contribution in [0.1, 0.15) is 156 Å². The first-order chi connectivity index (χ1) is 28.0. The van der Waals surface area contributed by atoms with Crippen molar-refractivity contribution < 1.29 is 0 Å². The monoisotopic (exact) mass is 808 g/mol. The third-order valence-electron chi connectivity index (χ3n) is 15.5. The average Bonchev–Trinajstić information content (AvgIpc) is 3.56. The van der Waals surface area contributed by atoms with Crippen LogP contribution in [-0.4, -0.2) is 6.71 Å². The van der Waals surface area contributed by atoms with Gasteiger partial charge in [-0.1, -0.05) is 152 Å². The van der Waals surface area contributed by atoms with Gasteiger partial charge >= 0.3 is 0 Å². The molecule has 0 fully saturated rings. The zero-order chi connectivity index (χ0) is 42.7. The van der Waals surface area contributed by atoms with Gasteiger partial charge in [0, 0.05) is 27.4 Å². The second kappa shape index (κ2) is 12.7. The van der Waals surface area contributed by atoms with E-state index in [4.69, 9.17) is 0 Å². The van der Waals surface area contributed by atoms with Crippen LogP contribution in [0.4, 0.5) is 33.4 Å². The van der Waals surface area contributed by atoms with Crippen molar-refractivity contribution in [1.29, 1.82) is 0 Å². The summed E-state index contributed by atoms with van der Waals surface area (Å²) in [5.41, 5.74) is 20.2. The number of hydrogen-bond acceptors (Lipinski definition) is 3. The molecule has 2 aliphatic carbocycles. The first-order valence-corrected chi connectivity index (χ1v) is 23.6. The van der Waals surface area contributed by atoms with E-state index in [1.807, 2.05) is 11.3 Å². The maximum atomic E-state index is 2.80. The van der Waals surface area contributed by atoms with E-state index in [1.54, 1.807) is 5.56 Å². The summed E-state index contributed by atoms with van der Waals surface area (Å²) in [5.74, 6) is 0. The summed E-state index contributed by atoms with van der Waals surface area (Å²) < 4.78 is 1.36. The minimum Gasteiger partial charge on any atom is -0.311 e. The molecular formula is C56H65BN2S. The van der Waals surface area contributed by atoms with Crippen molar-refractivity contribution in [2.24, 2.45) is 0 Å². The Morgan fingerprint density at radius 1 is 0.517 bits per heavy atom. The fraction of sp³-hybridized carbons (Fsp3) is 0.429. The first-order valence-electron chi connectivity index (χ1n) is 22.7. The highest BCUT2D eigenvalue weighted by Crippen LogP contribution is 2.57. The summed E-state index contributed by atoms with van der Waals surface area (Å²) in [6.45, 7) is 34.1. The first kappa shape index (κ1) is 39.8. The van der Waals surface area contributed by atoms with Gasteiger partial charge in [-0.05, 0) is 150 Å². The van der Waals surface area contributed by atoms with E-state index in [9.17, 15) is 0 Å². The van der Waals surface area contributed by atoms with Gasteiger partial charge in [-0.25, -0.2) is 0 Å². The van der Waals surface area contributed by atoms with Crippen molar-refractivity contribution in [2.75, 3.05) is 9.80 Å². The SMILES string of the molecule is CC(C)(C)c1ccc(N2c3cccc4c3B(c3ccc5c(c3N4c3cccc4c3C(C)(C)CCC4(C)C)C(C)(C)CCC5(C)C)c3c2sc2ccc(C(C)(C)C)cc32)cc1. The van der Waals surface area contributed by atoms with E-state index in [2.05, 4.69) is 198 Å². The Kier molecular flexibility index (Phi) is 8.40. The van der Waals surface area contributed by atoms with Crippen LogP contribution in [0.25, 0.3) is 10.1 Å². The molecule has 4 aliphatic rings. The van der Waals surface area contributed by atoms with Crippen molar-refractivity contribution in [2.45, 2.75) is 155 Å². The van der Waals surface area contributed by atoms with E-state index >= 15 is 0 Å². The summed E-state index contributed by atoms with van der Waals surface area (Å²) in [6, 6.07) is 36.5. The molecule has 2 nitrogen and oxygen atoms in total. The summed E-state index contributed by atoms with van der Waals surface area (Å²) in [4.78, 5) is 5.43. The lowest BCUT2D eigenvalue weighted by Crippen LogP contribution is -2.62. The summed E-state index contributed by atoms with van der Waals surface area (Å²) >= 11 is 1.97. The van der Waals surface area contributed by atoms with Crippen LogP contribution in [0.5, 0.6) is 0 Å². The van der Waals surface area contributed by atoms with Gasteiger partial charge in [-0.3, -0.25) is 0 Å². The van der Waals surface area contributed by atoms with Crippen LogP contribution in [-0.2, 0) is 32.5 Å². The van der Waals surface area contributed by atoms with Gasteiger partial charge in [0.05, 0.1) is 10.7 Å². The molecule has 0 bridgehead atoms. The molecule has 3 heterocycles. The van der Waals surface area contributed by atoms with E-state index in [0.717, 1.165) is 0 Å². The number of nitrogens with zero attached hydrogens (tertiary/aromatic N) is 2. The number of hydrogen-bond donors (Lipinski definition) is 0. The van der Waals surface area contributed by atoms with Crippen LogP contribution in [0.3, 0.4) is 0 Å². The Morgan fingerprint density at radius 3 is 1.68 bits per heavy atom. The van der Waals surface area contributed by atoms with Crippen LogP contribution in [0, 0.1) is 0 Å². The number of thiophene rings is 1. The standard InChI is InChI=1S/C56H65BN2S/c1-51(2,3)34-21-24-36(25-22-34)58-42-19-16-20-43-48(42)57(47-37-33-35(52(4,5)6)23-28-44(37)60-50(47)58)40-27-26-39-46(56(13,14)32-30-54(39,9)10)49(40)59(43)41-18-15-17-38-45(41)55(11,12)31-29-53(38,7)8/h15-28,33H,29-32H2,1-14H3. The third-order valence-corrected chi connectivity index (χ3v) is 16.6. The molecule has 0 amide bonds. The topological polar surface area (TPSA) is 6.48 Å². The molecule has 0 saturated heterocycles. The van der Waals surface area contributed by atoms with Gasteiger partial charge in [0.25, 0.3) is 6.71 Å². The highest BCUT2D eigenvalue weighted by atomic mass is 32.1. The average molecular weight is 809 g/mol. The van der Waals surface area contributed by atoms with Crippen LogP contribution in [0.2, 0.25) is 0 Å². The quantitative estimate of drug-likeness (QED) is 0.161. The van der Waals surface area contributed by atoms with E-state index in [0.29, 0.717) is 0 Å². The fourth-order valence-electron chi connectivity index (χ4n) is 11.6. The van der Waals surface area contributed by atoms with Crippen molar-refractivity contribution >= 4 is 78.0 Å². The molecule has 0 unspecified atom stereocenters. The predicted octanol–water partition coefficient (Wildman–Crippen LogP) is 14.3. The number of fused-ring (bicyclic) bond motifs is 9. The van der Waals surface area contributed by atoms with Gasteiger partial charge in [-0.15, -0.1) is 11.3 Å². The molecule has 4 heteroatoms. The summed E-state index contributed by atoms with van der Waals surface area (Å²) in [6.07, 6.45) is 4.72. The third kappa shape index (κ3) is 5.71. The van der Waals surface area contributed by atoms with Gasteiger partial charge < -0.3 is 9.80 Å². The Bertz CT molecular complexity index is 2750. The normalized spacial score (nSPS) is 19.3. The molecule has 0 saturated carbocycles. The van der Waals surface area contributed by atoms with Crippen molar-refractivity contribution in [3.63, 3.8) is 0 Å². The number of rotatable bonds is 2. The largest absolute Gasteiger partial charge is 0.311 e. The number of anilines is 6. The zero-order valence-corrected chi connectivity index (χ0v) is 39.7. The molecule has 0 N–H and O–H groups in total. The van der Waals surface area contributed by atoms with Crippen molar-refractivity contribution in [3.05, 3.63) is 124 Å². The lowest BCUT2D eigenvalue weighted by Gasteiger charge is -2.50. The molecule has 308 valence electrons. The van der Waals surface area contributed by atoms with E-state index in [-0.39, 0.29) is 39.2 Å². The van der Waals surface area contributed by atoms with Crippen LogP contribution in [0.15, 0.2) is 91.0 Å².